The molecule has 1 fully saturated rings. The van der Waals surface area contributed by atoms with Crippen LogP contribution in [0.5, 0.6) is 0 Å². The summed E-state index contributed by atoms with van der Waals surface area (Å²) in [5.41, 5.74) is 1.22. The van der Waals surface area contributed by atoms with Gasteiger partial charge in [-0.25, -0.2) is 0 Å². The smallest absolute Gasteiger partial charge is 0.251 e. The molecule has 0 aromatic heterocycles. The Morgan fingerprint density at radius 3 is 2.55 bits per heavy atom. The van der Waals surface area contributed by atoms with Crippen LogP contribution in [-0.2, 0) is 9.53 Å². The fourth-order valence-electron chi connectivity index (χ4n) is 2.13. The average Bonchev–Trinajstić information content (AvgIpc) is 2.56. The van der Waals surface area contributed by atoms with Crippen molar-refractivity contribution < 1.29 is 14.3 Å². The number of rotatable bonds is 5. The molecule has 118 valence electrons. The van der Waals surface area contributed by atoms with E-state index in [2.05, 4.69) is 15.5 Å². The van der Waals surface area contributed by atoms with Gasteiger partial charge in [-0.1, -0.05) is 6.08 Å². The van der Waals surface area contributed by atoms with Crippen LogP contribution in [0.2, 0.25) is 0 Å². The summed E-state index contributed by atoms with van der Waals surface area (Å²) in [5.74, 6) is -0.329. The number of morpholine rings is 1. The molecule has 6 nitrogen and oxygen atoms in total. The van der Waals surface area contributed by atoms with Gasteiger partial charge in [0, 0.05) is 44.0 Å². The summed E-state index contributed by atoms with van der Waals surface area (Å²) in [4.78, 5) is 25.5. The lowest BCUT2D eigenvalue weighted by Gasteiger charge is -2.24. The van der Waals surface area contributed by atoms with Gasteiger partial charge in [-0.2, -0.15) is 0 Å². The molecule has 2 rings (SSSR count). The number of carbonyl (C=O) groups excluding carboxylic acids is 2. The van der Waals surface area contributed by atoms with E-state index in [1.807, 2.05) is 6.08 Å². The summed E-state index contributed by atoms with van der Waals surface area (Å²) < 4.78 is 5.27. The van der Waals surface area contributed by atoms with E-state index < -0.39 is 0 Å². The highest BCUT2D eigenvalue weighted by Crippen LogP contribution is 2.09. The van der Waals surface area contributed by atoms with Crippen LogP contribution in [0.4, 0.5) is 5.69 Å². The largest absolute Gasteiger partial charge is 0.379 e. The third-order valence-electron chi connectivity index (χ3n) is 3.38. The van der Waals surface area contributed by atoms with E-state index in [0.717, 1.165) is 32.8 Å². The van der Waals surface area contributed by atoms with E-state index >= 15 is 0 Å². The first-order valence-electron chi connectivity index (χ1n) is 7.29. The number of carbonyl (C=O) groups is 2. The van der Waals surface area contributed by atoms with Crippen molar-refractivity contribution in [2.24, 2.45) is 0 Å². The summed E-state index contributed by atoms with van der Waals surface area (Å²) in [6, 6.07) is 6.76. The number of amides is 2. The topological polar surface area (TPSA) is 70.7 Å². The van der Waals surface area contributed by atoms with Crippen LogP contribution < -0.4 is 10.6 Å². The normalized spacial score (nSPS) is 15.7. The molecule has 0 aliphatic carbocycles. The fraction of sp³-hybridized carbons (Fsp3) is 0.375. The average molecular weight is 303 g/mol. The first-order valence-corrected chi connectivity index (χ1v) is 7.29. The van der Waals surface area contributed by atoms with Crippen molar-refractivity contribution in [3.05, 3.63) is 42.0 Å². The second-order valence-corrected chi connectivity index (χ2v) is 4.96. The van der Waals surface area contributed by atoms with E-state index in [4.69, 9.17) is 4.74 Å². The minimum atomic E-state index is -0.180. The second kappa shape index (κ2) is 8.31. The van der Waals surface area contributed by atoms with E-state index in [1.54, 1.807) is 31.3 Å². The van der Waals surface area contributed by atoms with Crippen molar-refractivity contribution in [1.29, 1.82) is 0 Å². The summed E-state index contributed by atoms with van der Waals surface area (Å²) >= 11 is 0. The lowest BCUT2D eigenvalue weighted by molar-refractivity contribution is -0.111. The third-order valence-corrected chi connectivity index (χ3v) is 3.38. The molecule has 22 heavy (non-hydrogen) atoms. The molecule has 1 saturated heterocycles. The number of hydrogen-bond donors (Lipinski definition) is 2. The van der Waals surface area contributed by atoms with Gasteiger partial charge >= 0.3 is 0 Å². The van der Waals surface area contributed by atoms with Gasteiger partial charge in [-0.3, -0.25) is 14.5 Å². The first kappa shape index (κ1) is 16.2. The highest BCUT2D eigenvalue weighted by Gasteiger charge is 2.08. The van der Waals surface area contributed by atoms with E-state index in [9.17, 15) is 9.59 Å². The number of hydrogen-bond acceptors (Lipinski definition) is 4. The first-order chi connectivity index (χ1) is 10.7. The molecule has 0 saturated carbocycles. The molecule has 1 aromatic carbocycles. The maximum atomic E-state index is 11.8. The Kier molecular flexibility index (Phi) is 6.12. The predicted molar refractivity (Wildman–Crippen MR) is 84.9 cm³/mol. The number of ether oxygens (including phenoxy) is 1. The predicted octanol–water partition coefficient (Wildman–Crippen LogP) is 0.873. The number of anilines is 1. The summed E-state index contributed by atoms with van der Waals surface area (Å²) in [5, 5.41) is 5.31. The van der Waals surface area contributed by atoms with Gasteiger partial charge in [0.05, 0.1) is 13.2 Å². The van der Waals surface area contributed by atoms with Crippen molar-refractivity contribution in [2.45, 2.75) is 0 Å². The van der Waals surface area contributed by atoms with Crippen LogP contribution in [0.1, 0.15) is 10.4 Å². The molecule has 1 aliphatic rings. The van der Waals surface area contributed by atoms with Gasteiger partial charge in [-0.05, 0) is 24.3 Å². The zero-order valence-electron chi connectivity index (χ0n) is 12.7. The highest BCUT2D eigenvalue weighted by atomic mass is 16.5. The van der Waals surface area contributed by atoms with E-state index in [1.165, 1.54) is 6.08 Å². The Morgan fingerprint density at radius 1 is 1.23 bits per heavy atom. The summed E-state index contributed by atoms with van der Waals surface area (Å²) in [6.45, 7) is 4.03. The van der Waals surface area contributed by atoms with Crippen LogP contribution in [-0.4, -0.2) is 56.6 Å². The minimum Gasteiger partial charge on any atom is -0.379 e. The van der Waals surface area contributed by atoms with Crippen LogP contribution >= 0.6 is 0 Å². The van der Waals surface area contributed by atoms with Crippen molar-refractivity contribution in [2.75, 3.05) is 45.2 Å². The summed E-state index contributed by atoms with van der Waals surface area (Å²) in [7, 11) is 1.58. The highest BCUT2D eigenvalue weighted by molar-refractivity contribution is 6.00. The number of nitrogens with one attached hydrogen (secondary N) is 2. The molecule has 0 unspecified atom stereocenters. The minimum absolute atomic E-state index is 0.150. The SMILES string of the molecule is CNC(=O)c1ccc(NC(=O)/C=C/CN2CCOCC2)cc1. The zero-order chi connectivity index (χ0) is 15.8. The zero-order valence-corrected chi connectivity index (χ0v) is 12.7. The van der Waals surface area contributed by atoms with Crippen LogP contribution in [0.25, 0.3) is 0 Å². The molecule has 2 N–H and O–H groups in total. The Balaban J connectivity index is 1.79. The maximum absolute atomic E-state index is 11.8. The van der Waals surface area contributed by atoms with Crippen LogP contribution in [0.3, 0.4) is 0 Å². The van der Waals surface area contributed by atoms with Gasteiger partial charge in [-0.15, -0.1) is 0 Å². The van der Waals surface area contributed by atoms with Crippen molar-refractivity contribution >= 4 is 17.5 Å². The number of benzene rings is 1. The third kappa shape index (κ3) is 4.98. The molecular formula is C16H21N3O3. The molecule has 1 heterocycles. The van der Waals surface area contributed by atoms with Gasteiger partial charge in [0.1, 0.15) is 0 Å². The number of nitrogens with zero attached hydrogens (tertiary/aromatic N) is 1. The molecule has 2 amide bonds. The Labute approximate surface area is 130 Å². The Bertz CT molecular complexity index is 534. The molecule has 0 radical (unpaired) electrons. The van der Waals surface area contributed by atoms with Gasteiger partial charge in [0.2, 0.25) is 5.91 Å². The van der Waals surface area contributed by atoms with E-state index in [-0.39, 0.29) is 11.8 Å². The van der Waals surface area contributed by atoms with Crippen molar-refractivity contribution in [3.63, 3.8) is 0 Å². The Morgan fingerprint density at radius 2 is 1.91 bits per heavy atom. The van der Waals surface area contributed by atoms with Crippen molar-refractivity contribution in [1.82, 2.24) is 10.2 Å². The molecule has 1 aliphatic heterocycles. The molecule has 0 spiro atoms. The van der Waals surface area contributed by atoms with Crippen LogP contribution in [0.15, 0.2) is 36.4 Å². The molecule has 1 aromatic rings. The molecule has 0 atom stereocenters. The molecule has 0 bridgehead atoms. The quantitative estimate of drug-likeness (QED) is 0.792. The lowest BCUT2D eigenvalue weighted by atomic mass is 10.2. The lowest BCUT2D eigenvalue weighted by Crippen LogP contribution is -2.36. The molecular weight excluding hydrogens is 282 g/mol. The Hall–Kier alpha value is -2.18. The van der Waals surface area contributed by atoms with Gasteiger partial charge in [0.25, 0.3) is 5.91 Å². The van der Waals surface area contributed by atoms with E-state index in [0.29, 0.717) is 11.3 Å². The standard InChI is InChI=1S/C16H21N3O3/c1-17-16(21)13-4-6-14(7-5-13)18-15(20)3-2-8-19-9-11-22-12-10-19/h2-7H,8-12H2,1H3,(H,17,21)(H,18,20)/b3-2+. The summed E-state index contributed by atoms with van der Waals surface area (Å²) in [6.07, 6.45) is 3.38. The van der Waals surface area contributed by atoms with Crippen LogP contribution in [0, 0.1) is 0 Å². The monoisotopic (exact) mass is 303 g/mol. The van der Waals surface area contributed by atoms with Crippen molar-refractivity contribution in [3.8, 4) is 0 Å². The maximum Gasteiger partial charge on any atom is 0.251 e. The second-order valence-electron chi connectivity index (χ2n) is 4.96. The van der Waals surface area contributed by atoms with Gasteiger partial charge in [0.15, 0.2) is 0 Å². The fourth-order valence-corrected chi connectivity index (χ4v) is 2.13. The molecule has 6 heteroatoms. The van der Waals surface area contributed by atoms with Gasteiger partial charge < -0.3 is 15.4 Å².